The molecule has 0 N–H and O–H groups in total. The third kappa shape index (κ3) is 4.37. The van der Waals surface area contributed by atoms with E-state index >= 15 is 0 Å². The summed E-state index contributed by atoms with van der Waals surface area (Å²) < 4.78 is 48.6. The Morgan fingerprint density at radius 3 is 2.50 bits per heavy atom. The molecule has 2 rings (SSSR count). The van der Waals surface area contributed by atoms with E-state index in [9.17, 15) is 8.42 Å². The van der Waals surface area contributed by atoms with E-state index in [4.69, 9.17) is 18.7 Å². The smallest absolute Gasteiger partial charge is 0.269 e. The molecule has 1 heterocycles. The number of ether oxygens (including phenoxy) is 3. The largest absolute Gasteiger partial charge is 0.497 e. The lowest BCUT2D eigenvalue weighted by atomic mass is 10.3. The molecule has 0 fully saturated rings. The van der Waals surface area contributed by atoms with Crippen molar-refractivity contribution >= 4 is 31.8 Å². The van der Waals surface area contributed by atoms with Gasteiger partial charge in [0.05, 0.1) is 26.0 Å². The number of sulfonamides is 1. The number of rotatable bonds is 9. The van der Waals surface area contributed by atoms with Crippen molar-refractivity contribution in [2.45, 2.75) is 18.7 Å². The first-order valence-corrected chi connectivity index (χ1v) is 9.92. The van der Waals surface area contributed by atoms with Crippen LogP contribution in [0.1, 0.15) is 11.3 Å². The lowest BCUT2D eigenvalue weighted by Crippen LogP contribution is -2.34. The van der Waals surface area contributed by atoms with Gasteiger partial charge in [0.25, 0.3) is 10.0 Å². The van der Waals surface area contributed by atoms with Crippen molar-refractivity contribution in [3.8, 4) is 5.75 Å². The molecule has 0 spiro atoms. The van der Waals surface area contributed by atoms with Crippen LogP contribution in [0.15, 0.2) is 32.1 Å². The van der Waals surface area contributed by atoms with Crippen LogP contribution in [0.5, 0.6) is 5.75 Å². The predicted molar refractivity (Wildman–Crippen MR) is 99.0 cm³/mol. The number of hydrogen-bond donors (Lipinski definition) is 0. The number of anilines is 1. The van der Waals surface area contributed by atoms with E-state index in [2.05, 4.69) is 21.1 Å². The number of aromatic nitrogens is 1. The highest BCUT2D eigenvalue weighted by molar-refractivity contribution is 9.10. The van der Waals surface area contributed by atoms with E-state index in [1.807, 2.05) is 0 Å². The van der Waals surface area contributed by atoms with Crippen molar-refractivity contribution in [3.63, 3.8) is 0 Å². The summed E-state index contributed by atoms with van der Waals surface area (Å²) >= 11 is 3.29. The summed E-state index contributed by atoms with van der Waals surface area (Å²) in [4.78, 5) is 0.0575. The highest BCUT2D eigenvalue weighted by Gasteiger charge is 2.32. The van der Waals surface area contributed by atoms with Gasteiger partial charge in [-0.1, -0.05) is 5.16 Å². The van der Waals surface area contributed by atoms with E-state index in [1.54, 1.807) is 26.0 Å². The second kappa shape index (κ2) is 8.85. The van der Waals surface area contributed by atoms with Crippen molar-refractivity contribution in [1.82, 2.24) is 5.16 Å². The zero-order valence-corrected chi connectivity index (χ0v) is 17.4. The standard InChI is InChI=1S/C16H21BrN2O6S/c1-11-12(2)18-25-16(11)19(10-24-8-7-22-3)26(20,21)15-6-5-13(23-4)9-14(15)17/h5-6,9H,7-8,10H2,1-4H3. The minimum Gasteiger partial charge on any atom is -0.497 e. The van der Waals surface area contributed by atoms with Crippen LogP contribution in [0.3, 0.4) is 0 Å². The third-order valence-electron chi connectivity index (χ3n) is 3.71. The summed E-state index contributed by atoms with van der Waals surface area (Å²) in [6, 6.07) is 4.61. The molecule has 1 aromatic carbocycles. The summed E-state index contributed by atoms with van der Waals surface area (Å²) in [6.07, 6.45) is 0. The van der Waals surface area contributed by atoms with Crippen molar-refractivity contribution in [3.05, 3.63) is 33.9 Å². The molecule has 8 nitrogen and oxygen atoms in total. The molecular formula is C16H21BrN2O6S. The average molecular weight is 449 g/mol. The fraction of sp³-hybridized carbons (Fsp3) is 0.438. The van der Waals surface area contributed by atoms with Crippen LogP contribution in [-0.4, -0.2) is 47.7 Å². The van der Waals surface area contributed by atoms with E-state index in [0.29, 0.717) is 28.1 Å². The first-order valence-electron chi connectivity index (χ1n) is 7.68. The number of methoxy groups -OCH3 is 2. The average Bonchev–Trinajstić information content (AvgIpc) is 2.93. The van der Waals surface area contributed by atoms with Gasteiger partial charge in [0.2, 0.25) is 5.88 Å². The molecule has 0 bridgehead atoms. The molecule has 0 atom stereocenters. The Labute approximate surface area is 161 Å². The number of nitrogens with zero attached hydrogens (tertiary/aromatic N) is 2. The number of aryl methyl sites for hydroxylation is 1. The Bertz CT molecular complexity index is 852. The maximum absolute atomic E-state index is 13.2. The predicted octanol–water partition coefficient (Wildman–Crippen LogP) is 2.88. The number of halogens is 1. The van der Waals surface area contributed by atoms with Crippen LogP contribution in [0, 0.1) is 13.8 Å². The minimum absolute atomic E-state index is 0.0575. The molecule has 0 aliphatic heterocycles. The van der Waals surface area contributed by atoms with Crippen molar-refractivity contribution in [1.29, 1.82) is 0 Å². The highest BCUT2D eigenvalue weighted by Crippen LogP contribution is 2.33. The number of benzene rings is 1. The molecule has 0 saturated heterocycles. The van der Waals surface area contributed by atoms with E-state index < -0.39 is 10.0 Å². The first-order chi connectivity index (χ1) is 12.3. The lowest BCUT2D eigenvalue weighted by Gasteiger charge is -2.22. The minimum atomic E-state index is -3.97. The van der Waals surface area contributed by atoms with Gasteiger partial charge in [0, 0.05) is 17.1 Å². The van der Waals surface area contributed by atoms with Gasteiger partial charge < -0.3 is 18.7 Å². The van der Waals surface area contributed by atoms with Gasteiger partial charge in [-0.15, -0.1) is 0 Å². The van der Waals surface area contributed by atoms with Gasteiger partial charge >= 0.3 is 0 Å². The molecule has 0 aliphatic rings. The molecule has 10 heteroatoms. The summed E-state index contributed by atoms with van der Waals surface area (Å²) in [6.45, 7) is 3.82. The SMILES string of the molecule is COCCOCN(c1onc(C)c1C)S(=O)(=O)c1ccc(OC)cc1Br. The zero-order chi connectivity index (χ0) is 19.3. The molecule has 1 aromatic heterocycles. The van der Waals surface area contributed by atoms with Gasteiger partial charge in [0.15, 0.2) is 0 Å². The molecule has 0 saturated carbocycles. The molecule has 0 unspecified atom stereocenters. The molecule has 144 valence electrons. The van der Waals surface area contributed by atoms with Crippen molar-refractivity contribution in [2.75, 3.05) is 38.5 Å². The maximum Gasteiger partial charge on any atom is 0.269 e. The summed E-state index contributed by atoms with van der Waals surface area (Å²) in [7, 11) is -0.930. The second-order valence-corrected chi connectivity index (χ2v) is 8.06. The van der Waals surface area contributed by atoms with E-state index in [-0.39, 0.29) is 24.1 Å². The van der Waals surface area contributed by atoms with Gasteiger partial charge in [-0.25, -0.2) is 12.7 Å². The van der Waals surface area contributed by atoms with Crippen LogP contribution in [0.25, 0.3) is 0 Å². The molecule has 2 aromatic rings. The van der Waals surface area contributed by atoms with Crippen molar-refractivity contribution < 1.29 is 27.2 Å². The van der Waals surface area contributed by atoms with Crippen LogP contribution in [0.4, 0.5) is 5.88 Å². The summed E-state index contributed by atoms with van der Waals surface area (Å²) in [5, 5.41) is 3.85. The Kier molecular flexibility index (Phi) is 7.04. The lowest BCUT2D eigenvalue weighted by molar-refractivity contribution is 0.0744. The Morgan fingerprint density at radius 1 is 1.23 bits per heavy atom. The van der Waals surface area contributed by atoms with E-state index in [0.717, 1.165) is 4.31 Å². The van der Waals surface area contributed by atoms with Crippen LogP contribution in [-0.2, 0) is 19.5 Å². The monoisotopic (exact) mass is 448 g/mol. The maximum atomic E-state index is 13.2. The van der Waals surface area contributed by atoms with Crippen LogP contribution < -0.4 is 9.04 Å². The summed E-state index contributed by atoms with van der Waals surface area (Å²) in [5.74, 6) is 0.646. The normalized spacial score (nSPS) is 11.6. The fourth-order valence-electron chi connectivity index (χ4n) is 2.10. The fourth-order valence-corrected chi connectivity index (χ4v) is 4.46. The van der Waals surface area contributed by atoms with Gasteiger partial charge in [0.1, 0.15) is 17.4 Å². The third-order valence-corrected chi connectivity index (χ3v) is 6.39. The van der Waals surface area contributed by atoms with Crippen molar-refractivity contribution in [2.24, 2.45) is 0 Å². The quantitative estimate of drug-likeness (QED) is 0.430. The second-order valence-electron chi connectivity index (χ2n) is 5.38. The Balaban J connectivity index is 2.44. The van der Waals surface area contributed by atoms with Crippen LogP contribution >= 0.6 is 15.9 Å². The van der Waals surface area contributed by atoms with Gasteiger partial charge in [-0.05, 0) is 48.0 Å². The Morgan fingerprint density at radius 2 is 1.96 bits per heavy atom. The molecule has 0 radical (unpaired) electrons. The Hall–Kier alpha value is -1.62. The van der Waals surface area contributed by atoms with E-state index in [1.165, 1.54) is 20.3 Å². The van der Waals surface area contributed by atoms with Gasteiger partial charge in [-0.3, -0.25) is 0 Å². The van der Waals surface area contributed by atoms with Gasteiger partial charge in [-0.2, -0.15) is 0 Å². The number of hydrogen-bond acceptors (Lipinski definition) is 7. The topological polar surface area (TPSA) is 91.1 Å². The highest BCUT2D eigenvalue weighted by atomic mass is 79.9. The molecule has 0 aliphatic carbocycles. The molecule has 0 amide bonds. The van der Waals surface area contributed by atoms with Crippen LogP contribution in [0.2, 0.25) is 0 Å². The molecule has 26 heavy (non-hydrogen) atoms. The first kappa shape index (κ1) is 20.7. The summed E-state index contributed by atoms with van der Waals surface area (Å²) in [5.41, 5.74) is 1.22. The molecular weight excluding hydrogens is 428 g/mol. The zero-order valence-electron chi connectivity index (χ0n) is 15.0.